The summed E-state index contributed by atoms with van der Waals surface area (Å²) in [6, 6.07) is 15.0. The van der Waals surface area contributed by atoms with Gasteiger partial charge in [0.25, 0.3) is 5.91 Å². The molecule has 0 radical (unpaired) electrons. The minimum absolute atomic E-state index is 0.0746. The lowest BCUT2D eigenvalue weighted by Crippen LogP contribution is -2.18. The number of carbonyl (C=O) groups is 2. The summed E-state index contributed by atoms with van der Waals surface area (Å²) in [5.41, 5.74) is 4.84. The first kappa shape index (κ1) is 18.7. The van der Waals surface area contributed by atoms with Crippen LogP contribution in [-0.4, -0.2) is 17.5 Å². The van der Waals surface area contributed by atoms with Crippen LogP contribution in [0.15, 0.2) is 53.6 Å². The molecule has 0 aliphatic heterocycles. The van der Waals surface area contributed by atoms with Crippen LogP contribution in [0.4, 0.5) is 5.69 Å². The second kappa shape index (κ2) is 7.73. The largest absolute Gasteiger partial charge is 0.326 e. The molecule has 0 bridgehead atoms. The number of benzene rings is 2. The molecule has 1 aliphatic carbocycles. The van der Waals surface area contributed by atoms with E-state index in [1.807, 2.05) is 55.5 Å². The third-order valence-electron chi connectivity index (χ3n) is 4.58. The fourth-order valence-electron chi connectivity index (χ4n) is 2.79. The quantitative estimate of drug-likeness (QED) is 0.455. The highest BCUT2D eigenvalue weighted by Gasteiger charge is 2.29. The number of nitrogens with one attached hydrogen (secondary N) is 2. The molecule has 1 aromatic heterocycles. The standard InChI is InChI=1S/C21H18ClN3O2S/c1-12(13-8-10-15(11-9-13)23-20(26)14-6-7-14)24-25-21(27)19-18(22)16-4-2-3-5-17(16)28-19/h2-5,8-11,14H,6-7H2,1H3,(H,23,26)(H,25,27)/b24-12+. The smallest absolute Gasteiger partial charge is 0.283 e. The van der Waals surface area contributed by atoms with Crippen LogP contribution in [0.5, 0.6) is 0 Å². The maximum absolute atomic E-state index is 12.5. The van der Waals surface area contributed by atoms with Gasteiger partial charge >= 0.3 is 0 Å². The highest BCUT2D eigenvalue weighted by Crippen LogP contribution is 2.35. The van der Waals surface area contributed by atoms with Crippen LogP contribution in [0, 0.1) is 5.92 Å². The van der Waals surface area contributed by atoms with Gasteiger partial charge in [-0.05, 0) is 43.5 Å². The van der Waals surface area contributed by atoms with E-state index in [2.05, 4.69) is 15.8 Å². The van der Waals surface area contributed by atoms with Crippen molar-refractivity contribution in [2.45, 2.75) is 19.8 Å². The van der Waals surface area contributed by atoms with E-state index in [1.54, 1.807) is 0 Å². The van der Waals surface area contributed by atoms with Crippen molar-refractivity contribution in [3.8, 4) is 0 Å². The number of hydrogen-bond donors (Lipinski definition) is 2. The van der Waals surface area contributed by atoms with Crippen molar-refractivity contribution < 1.29 is 9.59 Å². The summed E-state index contributed by atoms with van der Waals surface area (Å²) in [5, 5.41) is 8.40. The van der Waals surface area contributed by atoms with Crippen LogP contribution in [0.3, 0.4) is 0 Å². The SMILES string of the molecule is C/C(=N\NC(=O)c1sc2ccccc2c1Cl)c1ccc(NC(=O)C2CC2)cc1. The monoisotopic (exact) mass is 411 g/mol. The highest BCUT2D eigenvalue weighted by molar-refractivity contribution is 7.21. The van der Waals surface area contributed by atoms with Gasteiger partial charge in [0.15, 0.2) is 0 Å². The number of amides is 2. The van der Waals surface area contributed by atoms with Gasteiger partial charge in [0.05, 0.1) is 10.7 Å². The van der Waals surface area contributed by atoms with Crippen LogP contribution < -0.4 is 10.7 Å². The molecule has 1 aliphatic rings. The van der Waals surface area contributed by atoms with Crippen LogP contribution in [0.1, 0.15) is 35.0 Å². The summed E-state index contributed by atoms with van der Waals surface area (Å²) >= 11 is 7.68. The molecule has 3 aromatic rings. The second-order valence-corrected chi connectivity index (χ2v) is 8.15. The third kappa shape index (κ3) is 3.93. The van der Waals surface area contributed by atoms with E-state index in [0.29, 0.717) is 15.6 Å². The number of rotatable bonds is 5. The van der Waals surface area contributed by atoms with Crippen LogP contribution in [0.2, 0.25) is 5.02 Å². The minimum atomic E-state index is -0.334. The van der Waals surface area contributed by atoms with Gasteiger partial charge in [-0.15, -0.1) is 11.3 Å². The van der Waals surface area contributed by atoms with E-state index in [0.717, 1.165) is 34.2 Å². The fourth-order valence-corrected chi connectivity index (χ4v) is 4.20. The third-order valence-corrected chi connectivity index (χ3v) is 6.26. The number of thiophene rings is 1. The van der Waals surface area contributed by atoms with E-state index in [4.69, 9.17) is 11.6 Å². The zero-order valence-electron chi connectivity index (χ0n) is 15.2. The normalized spacial score (nSPS) is 14.1. The van der Waals surface area contributed by atoms with Gasteiger partial charge in [-0.2, -0.15) is 5.10 Å². The first-order valence-electron chi connectivity index (χ1n) is 8.96. The van der Waals surface area contributed by atoms with E-state index < -0.39 is 0 Å². The number of carbonyl (C=O) groups excluding carboxylic acids is 2. The molecule has 7 heteroatoms. The summed E-state index contributed by atoms with van der Waals surface area (Å²) in [4.78, 5) is 24.7. The van der Waals surface area contributed by atoms with E-state index in [1.165, 1.54) is 11.3 Å². The molecule has 2 aromatic carbocycles. The summed E-state index contributed by atoms with van der Waals surface area (Å²) in [6.45, 7) is 1.81. The average Bonchev–Trinajstić information content (AvgIpc) is 3.51. The summed E-state index contributed by atoms with van der Waals surface area (Å²) in [7, 11) is 0. The Kier molecular flexibility index (Phi) is 5.15. The van der Waals surface area contributed by atoms with Gasteiger partial charge in [0.2, 0.25) is 5.91 Å². The van der Waals surface area contributed by atoms with Crippen LogP contribution in [0.25, 0.3) is 10.1 Å². The molecule has 0 spiro atoms. The molecular formula is C21H18ClN3O2S. The number of anilines is 1. The Bertz CT molecular complexity index is 1080. The zero-order valence-corrected chi connectivity index (χ0v) is 16.7. The van der Waals surface area contributed by atoms with Crippen molar-refractivity contribution in [2.75, 3.05) is 5.32 Å². The Balaban J connectivity index is 1.43. The number of nitrogens with zero attached hydrogens (tertiary/aromatic N) is 1. The topological polar surface area (TPSA) is 70.6 Å². The Morgan fingerprint density at radius 3 is 2.50 bits per heavy atom. The number of fused-ring (bicyclic) bond motifs is 1. The molecule has 4 rings (SSSR count). The van der Waals surface area contributed by atoms with Gasteiger partial charge in [-0.1, -0.05) is 41.9 Å². The summed E-state index contributed by atoms with van der Waals surface area (Å²) in [6.07, 6.45) is 1.94. The second-order valence-electron chi connectivity index (χ2n) is 6.72. The van der Waals surface area contributed by atoms with Crippen molar-refractivity contribution in [3.63, 3.8) is 0 Å². The lowest BCUT2D eigenvalue weighted by Gasteiger charge is -2.06. The van der Waals surface area contributed by atoms with E-state index in [-0.39, 0.29) is 17.7 Å². The molecule has 1 heterocycles. The Morgan fingerprint density at radius 1 is 1.11 bits per heavy atom. The Labute approximate surface area is 171 Å². The van der Waals surface area contributed by atoms with Gasteiger partial charge < -0.3 is 5.32 Å². The molecule has 28 heavy (non-hydrogen) atoms. The lowest BCUT2D eigenvalue weighted by molar-refractivity contribution is -0.117. The maximum atomic E-state index is 12.5. The van der Waals surface area contributed by atoms with Gasteiger partial charge in [0, 0.05) is 21.7 Å². The summed E-state index contributed by atoms with van der Waals surface area (Å²) < 4.78 is 0.960. The highest BCUT2D eigenvalue weighted by atomic mass is 35.5. The van der Waals surface area contributed by atoms with Crippen molar-refractivity contribution >= 4 is 56.2 Å². The molecule has 2 N–H and O–H groups in total. The average molecular weight is 412 g/mol. The van der Waals surface area contributed by atoms with Crippen LogP contribution >= 0.6 is 22.9 Å². The maximum Gasteiger partial charge on any atom is 0.283 e. The minimum Gasteiger partial charge on any atom is -0.326 e. The molecule has 0 saturated heterocycles. The van der Waals surface area contributed by atoms with Crippen molar-refractivity contribution in [1.29, 1.82) is 0 Å². The predicted octanol–water partition coefficient (Wildman–Crippen LogP) is 5.06. The predicted molar refractivity (Wildman–Crippen MR) is 114 cm³/mol. The van der Waals surface area contributed by atoms with E-state index in [9.17, 15) is 9.59 Å². The first-order chi connectivity index (χ1) is 13.5. The summed E-state index contributed by atoms with van der Waals surface area (Å²) in [5.74, 6) is -0.0941. The molecule has 5 nitrogen and oxygen atoms in total. The van der Waals surface area contributed by atoms with Crippen molar-refractivity contribution in [2.24, 2.45) is 11.0 Å². The zero-order chi connectivity index (χ0) is 19.7. The molecule has 1 fully saturated rings. The van der Waals surface area contributed by atoms with Crippen molar-refractivity contribution in [1.82, 2.24) is 5.43 Å². The van der Waals surface area contributed by atoms with Crippen LogP contribution in [-0.2, 0) is 4.79 Å². The van der Waals surface area contributed by atoms with E-state index >= 15 is 0 Å². The molecule has 2 amide bonds. The number of hydrazone groups is 1. The Hall–Kier alpha value is -2.70. The molecule has 0 atom stereocenters. The molecule has 142 valence electrons. The Morgan fingerprint density at radius 2 is 1.82 bits per heavy atom. The number of halogens is 1. The lowest BCUT2D eigenvalue weighted by atomic mass is 10.1. The molecule has 0 unspecified atom stereocenters. The van der Waals surface area contributed by atoms with Gasteiger partial charge in [-0.3, -0.25) is 9.59 Å². The van der Waals surface area contributed by atoms with Gasteiger partial charge in [0.1, 0.15) is 4.88 Å². The fraction of sp³-hybridized carbons (Fsp3) is 0.190. The first-order valence-corrected chi connectivity index (χ1v) is 10.2. The van der Waals surface area contributed by atoms with Gasteiger partial charge in [-0.25, -0.2) is 5.43 Å². The number of hydrogen-bond acceptors (Lipinski definition) is 4. The molecule has 1 saturated carbocycles. The van der Waals surface area contributed by atoms with Crippen molar-refractivity contribution in [3.05, 3.63) is 64.0 Å². The molecular weight excluding hydrogens is 394 g/mol.